The topological polar surface area (TPSA) is 59.1 Å². The van der Waals surface area contributed by atoms with Crippen LogP contribution in [0.25, 0.3) is 11.3 Å². The lowest BCUT2D eigenvalue weighted by Crippen LogP contribution is -2.23. The second-order valence-electron chi connectivity index (χ2n) is 7.77. The van der Waals surface area contributed by atoms with Crippen molar-refractivity contribution >= 4 is 33.4 Å². The lowest BCUT2D eigenvalue weighted by molar-refractivity contribution is -0.274. The number of anilines is 3. The van der Waals surface area contributed by atoms with Crippen LogP contribution in [0.2, 0.25) is 0 Å². The van der Waals surface area contributed by atoms with Crippen LogP contribution in [-0.4, -0.2) is 22.4 Å². The Balaban J connectivity index is 1.68. The van der Waals surface area contributed by atoms with E-state index in [0.29, 0.717) is 33.2 Å². The quantitative estimate of drug-likeness (QED) is 0.328. The van der Waals surface area contributed by atoms with Gasteiger partial charge in [-0.2, -0.15) is 4.98 Å². The predicted octanol–water partition coefficient (Wildman–Crippen LogP) is 7.43. The first-order chi connectivity index (χ1) is 15.7. The minimum absolute atomic E-state index is 0.222. The molecule has 0 unspecified atom stereocenters. The number of nitrogens with one attached hydrogen (secondary N) is 2. The van der Waals surface area contributed by atoms with Gasteiger partial charge in [0.2, 0.25) is 5.95 Å². The van der Waals surface area contributed by atoms with Crippen molar-refractivity contribution in [1.29, 1.82) is 0 Å². The number of nitrogens with zero attached hydrogens (tertiary/aromatic N) is 2. The van der Waals surface area contributed by atoms with Crippen molar-refractivity contribution in [3.05, 3.63) is 58.8 Å². The van der Waals surface area contributed by atoms with Gasteiger partial charge in [-0.15, -0.1) is 13.2 Å². The van der Waals surface area contributed by atoms with Gasteiger partial charge >= 0.3 is 6.36 Å². The van der Waals surface area contributed by atoms with E-state index in [0.717, 1.165) is 25.7 Å². The monoisotopic (exact) mass is 524 g/mol. The second kappa shape index (κ2) is 9.94. The molecule has 0 saturated heterocycles. The molecule has 3 aromatic rings. The number of rotatable bonds is 6. The predicted molar refractivity (Wildman–Crippen MR) is 122 cm³/mol. The zero-order valence-corrected chi connectivity index (χ0v) is 19.0. The molecule has 33 heavy (non-hydrogen) atoms. The van der Waals surface area contributed by atoms with E-state index in [1.165, 1.54) is 36.8 Å². The molecule has 1 aliphatic carbocycles. The van der Waals surface area contributed by atoms with Crippen LogP contribution in [0.5, 0.6) is 5.75 Å². The average molecular weight is 525 g/mol. The molecule has 0 radical (unpaired) electrons. The summed E-state index contributed by atoms with van der Waals surface area (Å²) < 4.78 is 56.0. The number of halogens is 5. The van der Waals surface area contributed by atoms with Crippen molar-refractivity contribution in [2.45, 2.75) is 44.5 Å². The highest BCUT2D eigenvalue weighted by Crippen LogP contribution is 2.31. The number of benzene rings is 2. The molecule has 1 aromatic heterocycles. The molecule has 0 amide bonds. The molecule has 174 valence electrons. The van der Waals surface area contributed by atoms with E-state index < -0.39 is 12.2 Å². The summed E-state index contributed by atoms with van der Waals surface area (Å²) in [6, 6.07) is 11.7. The van der Waals surface area contributed by atoms with Crippen LogP contribution in [-0.2, 0) is 0 Å². The largest absolute Gasteiger partial charge is 0.573 e. The summed E-state index contributed by atoms with van der Waals surface area (Å²) in [5.41, 5.74) is 1.43. The van der Waals surface area contributed by atoms with Crippen molar-refractivity contribution in [2.75, 3.05) is 10.6 Å². The van der Waals surface area contributed by atoms with Crippen LogP contribution >= 0.6 is 15.9 Å². The third-order valence-electron chi connectivity index (χ3n) is 5.22. The van der Waals surface area contributed by atoms with Crippen LogP contribution in [0.3, 0.4) is 0 Å². The smallest absolute Gasteiger partial charge is 0.406 e. The fraction of sp³-hybridized carbons (Fsp3) is 0.304. The summed E-state index contributed by atoms with van der Waals surface area (Å²) >= 11 is 3.32. The molecular weight excluding hydrogens is 504 g/mol. The van der Waals surface area contributed by atoms with Crippen LogP contribution in [0.4, 0.5) is 35.0 Å². The zero-order valence-electron chi connectivity index (χ0n) is 17.4. The molecule has 5 nitrogen and oxygen atoms in total. The number of hydrogen-bond acceptors (Lipinski definition) is 5. The Kier molecular flexibility index (Phi) is 7.02. The van der Waals surface area contributed by atoms with Gasteiger partial charge in [-0.1, -0.05) is 31.4 Å². The minimum atomic E-state index is -4.79. The normalized spacial score (nSPS) is 14.7. The standard InChI is InChI=1S/C23H21BrF4N4O/c24-18-12-15(25)9-10-19(18)30-21-13-20(14-5-4-8-17(11-14)33-23(26,27)28)31-22(32-21)29-16-6-2-1-3-7-16/h4-5,8-13,16H,1-3,6-7H2,(H2,29,30,31,32). The third kappa shape index (κ3) is 6.56. The van der Waals surface area contributed by atoms with Gasteiger partial charge in [-0.3, -0.25) is 0 Å². The highest BCUT2D eigenvalue weighted by atomic mass is 79.9. The number of alkyl halides is 3. The molecule has 4 rings (SSSR count). The Bertz CT molecular complexity index is 1120. The first kappa shape index (κ1) is 23.3. The van der Waals surface area contributed by atoms with Crippen LogP contribution in [0.1, 0.15) is 32.1 Å². The molecule has 2 aromatic carbocycles. The molecule has 0 spiro atoms. The maximum Gasteiger partial charge on any atom is 0.573 e. The summed E-state index contributed by atoms with van der Waals surface area (Å²) in [5.74, 6) is 0.0446. The van der Waals surface area contributed by atoms with Crippen LogP contribution < -0.4 is 15.4 Å². The van der Waals surface area contributed by atoms with Gasteiger partial charge in [0.25, 0.3) is 0 Å². The highest BCUT2D eigenvalue weighted by Gasteiger charge is 2.31. The van der Waals surface area contributed by atoms with Gasteiger partial charge in [-0.05, 0) is 59.1 Å². The second-order valence-corrected chi connectivity index (χ2v) is 8.62. The molecule has 0 atom stereocenters. The third-order valence-corrected chi connectivity index (χ3v) is 5.88. The summed E-state index contributed by atoms with van der Waals surface area (Å²) in [6.45, 7) is 0. The van der Waals surface area contributed by atoms with Gasteiger partial charge in [0.1, 0.15) is 17.4 Å². The fourth-order valence-electron chi connectivity index (χ4n) is 3.73. The van der Waals surface area contributed by atoms with Crippen molar-refractivity contribution in [3.8, 4) is 17.0 Å². The van der Waals surface area contributed by atoms with Gasteiger partial charge in [-0.25, -0.2) is 9.37 Å². The van der Waals surface area contributed by atoms with Crippen LogP contribution in [0, 0.1) is 5.82 Å². The maximum atomic E-state index is 13.5. The summed E-state index contributed by atoms with van der Waals surface area (Å²) in [4.78, 5) is 9.08. The number of aromatic nitrogens is 2. The van der Waals surface area contributed by atoms with Gasteiger partial charge < -0.3 is 15.4 Å². The van der Waals surface area contributed by atoms with E-state index in [1.54, 1.807) is 18.2 Å². The van der Waals surface area contributed by atoms with Crippen molar-refractivity contribution in [1.82, 2.24) is 9.97 Å². The van der Waals surface area contributed by atoms with E-state index in [2.05, 4.69) is 41.3 Å². The van der Waals surface area contributed by atoms with E-state index in [1.807, 2.05) is 0 Å². The van der Waals surface area contributed by atoms with Crippen molar-refractivity contribution in [2.24, 2.45) is 0 Å². The lowest BCUT2D eigenvalue weighted by atomic mass is 9.96. The Labute approximate surface area is 196 Å². The molecule has 0 bridgehead atoms. The lowest BCUT2D eigenvalue weighted by Gasteiger charge is -2.23. The van der Waals surface area contributed by atoms with E-state index in [-0.39, 0.29) is 11.8 Å². The Morgan fingerprint density at radius 3 is 2.48 bits per heavy atom. The van der Waals surface area contributed by atoms with Crippen LogP contribution in [0.15, 0.2) is 53.0 Å². The first-order valence-electron chi connectivity index (χ1n) is 10.5. The molecule has 1 fully saturated rings. The van der Waals surface area contributed by atoms with Gasteiger partial charge in [0.15, 0.2) is 0 Å². The van der Waals surface area contributed by atoms with Gasteiger partial charge in [0.05, 0.1) is 11.4 Å². The summed E-state index contributed by atoms with van der Waals surface area (Å²) in [5, 5.41) is 6.47. The molecular formula is C23H21BrF4N4O. The SMILES string of the molecule is Fc1ccc(Nc2cc(-c3cccc(OC(F)(F)F)c3)nc(NC3CCCCC3)n2)c(Br)c1. The molecule has 1 heterocycles. The zero-order chi connectivity index (χ0) is 23.4. The van der Waals surface area contributed by atoms with Crippen molar-refractivity contribution in [3.63, 3.8) is 0 Å². The van der Waals surface area contributed by atoms with E-state index >= 15 is 0 Å². The fourth-order valence-corrected chi connectivity index (χ4v) is 4.18. The number of ether oxygens (including phenoxy) is 1. The Morgan fingerprint density at radius 1 is 0.970 bits per heavy atom. The Morgan fingerprint density at radius 2 is 1.76 bits per heavy atom. The molecule has 1 aliphatic rings. The molecule has 10 heteroatoms. The summed E-state index contributed by atoms with van der Waals surface area (Å²) in [6.07, 6.45) is 0.614. The van der Waals surface area contributed by atoms with E-state index in [9.17, 15) is 17.6 Å². The van der Waals surface area contributed by atoms with E-state index in [4.69, 9.17) is 0 Å². The molecule has 1 saturated carbocycles. The minimum Gasteiger partial charge on any atom is -0.406 e. The summed E-state index contributed by atoms with van der Waals surface area (Å²) in [7, 11) is 0. The molecule has 2 N–H and O–H groups in total. The Hall–Kier alpha value is -2.88. The van der Waals surface area contributed by atoms with Gasteiger partial charge in [0, 0.05) is 22.1 Å². The maximum absolute atomic E-state index is 13.5. The first-order valence-corrected chi connectivity index (χ1v) is 11.3. The highest BCUT2D eigenvalue weighted by molar-refractivity contribution is 9.10. The number of hydrogen-bond donors (Lipinski definition) is 2. The molecule has 0 aliphatic heterocycles. The van der Waals surface area contributed by atoms with Crippen molar-refractivity contribution < 1.29 is 22.3 Å². The average Bonchev–Trinajstić information content (AvgIpc) is 2.75.